The highest BCUT2D eigenvalue weighted by molar-refractivity contribution is 5.97. The number of nitrogens with one attached hydrogen (secondary N) is 2. The highest BCUT2D eigenvalue weighted by Crippen LogP contribution is 2.39. The van der Waals surface area contributed by atoms with Gasteiger partial charge in [0.2, 0.25) is 0 Å². The van der Waals surface area contributed by atoms with Gasteiger partial charge in [-0.15, -0.1) is 0 Å². The van der Waals surface area contributed by atoms with Crippen LogP contribution in [0.15, 0.2) is 52.9 Å². The number of hydrogen-bond acceptors (Lipinski definition) is 6. The highest BCUT2D eigenvalue weighted by Gasteiger charge is 2.39. The van der Waals surface area contributed by atoms with Gasteiger partial charge in [0, 0.05) is 11.1 Å². The van der Waals surface area contributed by atoms with Crippen molar-refractivity contribution >= 4 is 11.6 Å². The predicted octanol–water partition coefficient (Wildman–Crippen LogP) is 4.57. The first-order chi connectivity index (χ1) is 14.4. The molecule has 5 rings (SSSR count). The molecule has 0 saturated heterocycles. The molecule has 3 aliphatic rings. The van der Waals surface area contributed by atoms with Crippen LogP contribution in [0.25, 0.3) is 11.1 Å². The zero-order valence-corrected chi connectivity index (χ0v) is 17.7. The second-order valence-electron chi connectivity index (χ2n) is 9.24. The number of anilines is 1. The van der Waals surface area contributed by atoms with Crippen molar-refractivity contribution in [3.05, 3.63) is 53.6 Å². The Bertz CT molecular complexity index is 991. The summed E-state index contributed by atoms with van der Waals surface area (Å²) in [5, 5.41) is 15.2. The van der Waals surface area contributed by atoms with Crippen LogP contribution in [0, 0.1) is 12.8 Å². The van der Waals surface area contributed by atoms with Gasteiger partial charge in [-0.1, -0.05) is 34.9 Å². The van der Waals surface area contributed by atoms with E-state index >= 15 is 0 Å². The Labute approximate surface area is 177 Å². The van der Waals surface area contributed by atoms with E-state index in [2.05, 4.69) is 72.4 Å². The predicted molar refractivity (Wildman–Crippen MR) is 116 cm³/mol. The van der Waals surface area contributed by atoms with Crippen molar-refractivity contribution in [2.75, 3.05) is 5.12 Å². The molecule has 2 aromatic rings. The fourth-order valence-corrected chi connectivity index (χ4v) is 3.97. The van der Waals surface area contributed by atoms with Gasteiger partial charge in [0.15, 0.2) is 0 Å². The Morgan fingerprint density at radius 2 is 1.80 bits per heavy atom. The molecule has 2 saturated carbocycles. The van der Waals surface area contributed by atoms with E-state index in [0.717, 1.165) is 29.7 Å². The molecule has 0 unspecified atom stereocenters. The zero-order valence-electron chi connectivity index (χ0n) is 17.7. The Balaban J connectivity index is 1.52. The molecular weight excluding hydrogens is 376 g/mol. The van der Waals surface area contributed by atoms with Gasteiger partial charge in [-0.3, -0.25) is 4.79 Å². The molecule has 1 amide bonds. The summed E-state index contributed by atoms with van der Waals surface area (Å²) in [6.45, 7) is 6.30. The van der Waals surface area contributed by atoms with E-state index in [1.807, 2.05) is 17.3 Å². The molecule has 1 aliphatic heterocycles. The molecule has 0 radical (unpaired) electrons. The summed E-state index contributed by atoms with van der Waals surface area (Å²) in [6, 6.07) is 14.7. The number of rotatable bonds is 6. The van der Waals surface area contributed by atoms with Gasteiger partial charge in [-0.05, 0) is 92.1 Å². The molecule has 0 atom stereocenters. The number of carbonyl (C=O) groups excluding carboxylic acids is 1. The fourth-order valence-electron chi connectivity index (χ4n) is 3.97. The van der Waals surface area contributed by atoms with Gasteiger partial charge < -0.3 is 5.32 Å². The van der Waals surface area contributed by atoms with Gasteiger partial charge >= 0.3 is 0 Å². The van der Waals surface area contributed by atoms with E-state index in [1.54, 1.807) is 5.12 Å². The van der Waals surface area contributed by atoms with Gasteiger partial charge in [0.05, 0.1) is 11.7 Å². The first-order valence-corrected chi connectivity index (χ1v) is 10.7. The van der Waals surface area contributed by atoms with Crippen LogP contribution in [0.4, 0.5) is 5.69 Å². The van der Waals surface area contributed by atoms with Crippen LogP contribution in [-0.4, -0.2) is 22.6 Å². The molecule has 0 bridgehead atoms. The lowest BCUT2D eigenvalue weighted by atomic mass is 9.97. The van der Waals surface area contributed by atoms with Gasteiger partial charge in [0.25, 0.3) is 5.91 Å². The highest BCUT2D eigenvalue weighted by atomic mass is 16.1. The van der Waals surface area contributed by atoms with Gasteiger partial charge in [0.1, 0.15) is 0 Å². The molecule has 0 aromatic heterocycles. The molecule has 2 N–H and O–H groups in total. The number of hydrogen-bond donors (Lipinski definition) is 2. The maximum Gasteiger partial charge on any atom is 0.251 e. The molecule has 30 heavy (non-hydrogen) atoms. The molecule has 2 aliphatic carbocycles. The summed E-state index contributed by atoms with van der Waals surface area (Å²) in [6.07, 6.45) is 4.57. The Morgan fingerprint density at radius 3 is 2.47 bits per heavy atom. The average molecular weight is 405 g/mol. The lowest BCUT2D eigenvalue weighted by Crippen LogP contribution is -2.45. The molecule has 7 nitrogen and oxygen atoms in total. The second kappa shape index (κ2) is 7.09. The van der Waals surface area contributed by atoms with Gasteiger partial charge in [-0.25, -0.2) is 0 Å². The number of hydrazine groups is 2. The minimum Gasteiger partial charge on any atom is -0.347 e. The lowest BCUT2D eigenvalue weighted by Gasteiger charge is -2.27. The molecular formula is C23H28N6O. The van der Waals surface area contributed by atoms with Crippen LogP contribution in [0.2, 0.25) is 0 Å². The number of aryl methyl sites for hydroxylation is 1. The van der Waals surface area contributed by atoms with Crippen molar-refractivity contribution in [2.24, 2.45) is 16.4 Å². The molecule has 1 heterocycles. The quantitative estimate of drug-likeness (QED) is 0.740. The molecule has 2 aromatic carbocycles. The molecule has 0 spiro atoms. The summed E-state index contributed by atoms with van der Waals surface area (Å²) in [5.74, 6) is 0.507. The minimum atomic E-state index is -0.202. The topological polar surface area (TPSA) is 72.3 Å². The van der Waals surface area contributed by atoms with E-state index in [4.69, 9.17) is 0 Å². The number of amides is 1. The number of carbonyl (C=O) groups is 1. The van der Waals surface area contributed by atoms with Crippen LogP contribution in [-0.2, 0) is 0 Å². The minimum absolute atomic E-state index is 0.0517. The smallest absolute Gasteiger partial charge is 0.251 e. The molecule has 7 heteroatoms. The summed E-state index contributed by atoms with van der Waals surface area (Å²) in [5.41, 5.74) is 7.48. The third-order valence-electron chi connectivity index (χ3n) is 6.20. The Morgan fingerprint density at radius 1 is 1.07 bits per heavy atom. The SMILES string of the molecule is Cc1ccc(-c2cc(C(=O)NC(C)(C)C3CC3)cc(N3N=NNN3C3CC3)c2)cc1. The van der Waals surface area contributed by atoms with Gasteiger partial charge in [-0.2, -0.15) is 10.7 Å². The van der Waals surface area contributed by atoms with Crippen molar-refractivity contribution < 1.29 is 4.79 Å². The normalized spacial score (nSPS) is 19.1. The summed E-state index contributed by atoms with van der Waals surface area (Å²) < 4.78 is 0. The van der Waals surface area contributed by atoms with Crippen LogP contribution in [0.1, 0.15) is 55.5 Å². The molecule has 2 fully saturated rings. The van der Waals surface area contributed by atoms with Crippen LogP contribution >= 0.6 is 0 Å². The first-order valence-electron chi connectivity index (χ1n) is 10.7. The molecule has 156 valence electrons. The standard InChI is InChI=1S/C23H28N6O/c1-15-4-6-16(7-5-15)17-12-18(22(30)24-23(2,3)19-8-9-19)14-21(13-17)29-27-25-26-28(29)20-10-11-20/h4-7,12-14,19-20H,8-11H2,1-3H3,(H,24,30)(H,26,27). The van der Waals surface area contributed by atoms with E-state index in [-0.39, 0.29) is 11.4 Å². The van der Waals surface area contributed by atoms with Crippen LogP contribution in [0.3, 0.4) is 0 Å². The van der Waals surface area contributed by atoms with Crippen molar-refractivity contribution in [2.45, 2.75) is 58.0 Å². The maximum absolute atomic E-state index is 13.2. The van der Waals surface area contributed by atoms with Crippen LogP contribution in [0.5, 0.6) is 0 Å². The van der Waals surface area contributed by atoms with E-state index < -0.39 is 0 Å². The average Bonchev–Trinajstić information content (AvgIpc) is 3.66. The summed E-state index contributed by atoms with van der Waals surface area (Å²) in [7, 11) is 0. The van der Waals surface area contributed by atoms with Crippen molar-refractivity contribution in [1.82, 2.24) is 16.0 Å². The van der Waals surface area contributed by atoms with Crippen molar-refractivity contribution in [3.8, 4) is 11.1 Å². The number of nitrogens with zero attached hydrogens (tertiary/aromatic N) is 4. The first kappa shape index (κ1) is 19.1. The third kappa shape index (κ3) is 3.77. The fraction of sp³-hybridized carbons (Fsp3) is 0.435. The van der Waals surface area contributed by atoms with Crippen molar-refractivity contribution in [1.29, 1.82) is 0 Å². The lowest BCUT2D eigenvalue weighted by molar-refractivity contribution is 0.0903. The Kier molecular flexibility index (Phi) is 4.50. The van der Waals surface area contributed by atoms with E-state index in [0.29, 0.717) is 17.5 Å². The largest absolute Gasteiger partial charge is 0.347 e. The third-order valence-corrected chi connectivity index (χ3v) is 6.20. The van der Waals surface area contributed by atoms with E-state index in [1.165, 1.54) is 18.4 Å². The summed E-state index contributed by atoms with van der Waals surface area (Å²) in [4.78, 5) is 13.2. The van der Waals surface area contributed by atoms with Crippen LogP contribution < -0.4 is 16.0 Å². The van der Waals surface area contributed by atoms with Crippen molar-refractivity contribution in [3.63, 3.8) is 0 Å². The zero-order chi connectivity index (χ0) is 20.9. The second-order valence-corrected chi connectivity index (χ2v) is 9.24. The number of benzene rings is 2. The Hall–Kier alpha value is -2.93. The maximum atomic E-state index is 13.2. The monoisotopic (exact) mass is 404 g/mol. The summed E-state index contributed by atoms with van der Waals surface area (Å²) >= 11 is 0. The van der Waals surface area contributed by atoms with E-state index in [9.17, 15) is 4.79 Å².